The number of fused-ring (bicyclic) bond motifs is 1. The van der Waals surface area contributed by atoms with Crippen LogP contribution in [0.3, 0.4) is 0 Å². The molecule has 2 aromatic rings. The molecule has 6 nitrogen and oxygen atoms in total. The third-order valence-electron chi connectivity index (χ3n) is 2.99. The van der Waals surface area contributed by atoms with E-state index in [4.69, 9.17) is 0 Å². The van der Waals surface area contributed by atoms with Gasteiger partial charge in [0.25, 0.3) is 0 Å². The van der Waals surface area contributed by atoms with E-state index in [1.165, 1.54) is 12.8 Å². The van der Waals surface area contributed by atoms with E-state index in [9.17, 15) is 0 Å². The smallest absolute Gasteiger partial charge is 0.210 e. The highest BCUT2D eigenvalue weighted by atomic mass is 127. The van der Waals surface area contributed by atoms with Gasteiger partial charge in [0.2, 0.25) is 5.95 Å². The summed E-state index contributed by atoms with van der Waals surface area (Å²) < 4.78 is 2.88. The summed E-state index contributed by atoms with van der Waals surface area (Å²) in [6.45, 7) is 0.904. The Hall–Kier alpha value is -1.51. The molecular weight excluding hydrogens is 379 g/mol. The van der Waals surface area contributed by atoms with Gasteiger partial charge in [-0.1, -0.05) is 12.5 Å². The number of allylic oxidation sites excluding steroid dienone is 2. The van der Waals surface area contributed by atoms with Crippen LogP contribution in [-0.4, -0.2) is 39.4 Å². The molecule has 21 heavy (non-hydrogen) atoms. The zero-order valence-electron chi connectivity index (χ0n) is 12.0. The van der Waals surface area contributed by atoms with E-state index in [1.54, 1.807) is 13.4 Å². The first-order valence-electron chi connectivity index (χ1n) is 6.98. The minimum absolute atomic E-state index is 0.800. The van der Waals surface area contributed by atoms with Crippen molar-refractivity contribution in [1.82, 2.24) is 19.6 Å². The molecule has 0 aliphatic heterocycles. The fourth-order valence-corrected chi connectivity index (χ4v) is 2.44. The number of aromatic nitrogens is 4. The first-order valence-corrected chi connectivity index (χ1v) is 8.06. The lowest BCUT2D eigenvalue weighted by Gasteiger charge is -2.07. The van der Waals surface area contributed by atoms with Crippen LogP contribution in [-0.2, 0) is 0 Å². The Morgan fingerprint density at radius 1 is 1.38 bits per heavy atom. The molecule has 7 heteroatoms. The van der Waals surface area contributed by atoms with E-state index in [0.29, 0.717) is 0 Å². The van der Waals surface area contributed by atoms with Crippen LogP contribution in [0.5, 0.6) is 0 Å². The molecule has 0 saturated carbocycles. The summed E-state index contributed by atoms with van der Waals surface area (Å²) >= 11 is 2.21. The van der Waals surface area contributed by atoms with Gasteiger partial charge in [0, 0.05) is 26.0 Å². The van der Waals surface area contributed by atoms with Gasteiger partial charge >= 0.3 is 0 Å². The summed E-state index contributed by atoms with van der Waals surface area (Å²) in [5, 5.41) is 11.3. The normalized spacial score (nSPS) is 11.9. The molecule has 0 fully saturated rings. The van der Waals surface area contributed by atoms with Gasteiger partial charge in [0.1, 0.15) is 6.33 Å². The predicted octanol–water partition coefficient (Wildman–Crippen LogP) is 2.96. The molecule has 0 saturated heterocycles. The molecule has 0 aromatic carbocycles. The van der Waals surface area contributed by atoms with Gasteiger partial charge in [-0.05, 0) is 47.9 Å². The number of aliphatic imine (C=N–C) groups is 1. The maximum atomic E-state index is 4.38. The third kappa shape index (κ3) is 4.76. The number of halogens is 1. The van der Waals surface area contributed by atoms with E-state index in [2.05, 4.69) is 54.2 Å². The van der Waals surface area contributed by atoms with Crippen molar-refractivity contribution in [1.29, 1.82) is 0 Å². The van der Waals surface area contributed by atoms with Crippen LogP contribution in [0.2, 0.25) is 0 Å². The monoisotopic (exact) mass is 398 g/mol. The Balaban J connectivity index is 1.71. The lowest BCUT2D eigenvalue weighted by Crippen LogP contribution is -2.08. The van der Waals surface area contributed by atoms with Crippen LogP contribution in [0.1, 0.15) is 25.7 Å². The highest BCUT2D eigenvalue weighted by Crippen LogP contribution is 2.14. The number of hydrogen-bond donors (Lipinski definition) is 1. The Kier molecular flexibility index (Phi) is 6.58. The van der Waals surface area contributed by atoms with Crippen LogP contribution >= 0.6 is 22.6 Å². The lowest BCUT2D eigenvalue weighted by molar-refractivity contribution is 0.705. The van der Waals surface area contributed by atoms with Crippen LogP contribution in [0.25, 0.3) is 5.65 Å². The summed E-state index contributed by atoms with van der Waals surface area (Å²) in [7, 11) is 1.78. The lowest BCUT2D eigenvalue weighted by atomic mass is 10.2. The van der Waals surface area contributed by atoms with Gasteiger partial charge < -0.3 is 5.32 Å². The second-order valence-electron chi connectivity index (χ2n) is 4.57. The Morgan fingerprint density at radius 3 is 3.14 bits per heavy atom. The molecule has 0 aliphatic carbocycles. The molecule has 1 N–H and O–H groups in total. The number of nitrogens with zero attached hydrogens (tertiary/aromatic N) is 5. The Morgan fingerprint density at radius 2 is 2.29 bits per heavy atom. The van der Waals surface area contributed by atoms with E-state index in [0.717, 1.165) is 34.6 Å². The first-order chi connectivity index (χ1) is 10.3. The van der Waals surface area contributed by atoms with Crippen LogP contribution in [0.15, 0.2) is 29.7 Å². The second-order valence-corrected chi connectivity index (χ2v) is 5.73. The number of hydrogen-bond acceptors (Lipinski definition) is 5. The molecule has 0 amide bonds. The van der Waals surface area contributed by atoms with Crippen LogP contribution < -0.4 is 5.32 Å². The van der Waals surface area contributed by atoms with Gasteiger partial charge in [-0.2, -0.15) is 0 Å². The minimum atomic E-state index is 0.800. The topological polar surface area (TPSA) is 67.5 Å². The van der Waals surface area contributed by atoms with Crippen LogP contribution in [0, 0.1) is 3.57 Å². The van der Waals surface area contributed by atoms with Crippen molar-refractivity contribution in [3.8, 4) is 0 Å². The van der Waals surface area contributed by atoms with E-state index in [-0.39, 0.29) is 0 Å². The van der Waals surface area contributed by atoms with Crippen LogP contribution in [0.4, 0.5) is 5.95 Å². The molecule has 2 rings (SSSR count). The predicted molar refractivity (Wildman–Crippen MR) is 94.0 cm³/mol. The Labute approximate surface area is 137 Å². The van der Waals surface area contributed by atoms with Crippen molar-refractivity contribution >= 4 is 40.4 Å². The average Bonchev–Trinajstić information content (AvgIpc) is 2.98. The van der Waals surface area contributed by atoms with Crippen molar-refractivity contribution in [2.24, 2.45) is 4.99 Å². The highest BCUT2D eigenvalue weighted by Gasteiger charge is 2.06. The maximum absolute atomic E-state index is 4.38. The molecule has 0 aliphatic rings. The summed E-state index contributed by atoms with van der Waals surface area (Å²) in [6, 6.07) is 0. The first kappa shape index (κ1) is 15.9. The molecule has 2 heterocycles. The van der Waals surface area contributed by atoms with Crippen molar-refractivity contribution in [3.63, 3.8) is 0 Å². The van der Waals surface area contributed by atoms with Gasteiger partial charge in [0.05, 0.1) is 3.57 Å². The van der Waals surface area contributed by atoms with Gasteiger partial charge in [-0.25, -0.2) is 4.98 Å². The highest BCUT2D eigenvalue weighted by molar-refractivity contribution is 14.1. The average molecular weight is 398 g/mol. The number of anilines is 1. The molecule has 0 unspecified atom stereocenters. The molecule has 0 bridgehead atoms. The van der Waals surface area contributed by atoms with E-state index >= 15 is 0 Å². The maximum Gasteiger partial charge on any atom is 0.210 e. The van der Waals surface area contributed by atoms with Crippen molar-refractivity contribution in [2.75, 3.05) is 18.9 Å². The zero-order valence-corrected chi connectivity index (χ0v) is 14.2. The van der Waals surface area contributed by atoms with Crippen molar-refractivity contribution < 1.29 is 0 Å². The van der Waals surface area contributed by atoms with Gasteiger partial charge in [-0.15, -0.1) is 10.2 Å². The minimum Gasteiger partial charge on any atom is -0.355 e. The van der Waals surface area contributed by atoms with E-state index in [1.807, 2.05) is 22.9 Å². The van der Waals surface area contributed by atoms with Crippen molar-refractivity contribution in [2.45, 2.75) is 25.7 Å². The largest absolute Gasteiger partial charge is 0.355 e. The molecule has 112 valence electrons. The molecule has 0 spiro atoms. The molecular formula is C14H19IN6. The summed E-state index contributed by atoms with van der Waals surface area (Å²) in [5.74, 6) is 0.800. The summed E-state index contributed by atoms with van der Waals surface area (Å²) in [5.41, 5.74) is 0.843. The Bertz CT molecular complexity index is 619. The molecule has 2 aromatic heterocycles. The SMILES string of the molecule is C/N=C\C=C/CCCCCNc1ncc(I)c2nncn12. The number of rotatable bonds is 8. The third-order valence-corrected chi connectivity index (χ3v) is 3.75. The summed E-state index contributed by atoms with van der Waals surface area (Å²) in [6.07, 6.45) is 14.1. The van der Waals surface area contributed by atoms with Gasteiger partial charge in [0.15, 0.2) is 5.65 Å². The fraction of sp³-hybridized carbons (Fsp3) is 0.429. The number of unbranched alkanes of at least 4 members (excludes halogenated alkanes) is 3. The quantitative estimate of drug-likeness (QED) is 0.422. The standard InChI is InChI=1S/C14H19IN6/c1-16-8-6-4-2-3-5-7-9-17-14-18-10-12(15)13-20-19-11-21(13)14/h4,6,8,10-11H,2-3,5,7,9H2,1H3,(H,17,18)/b6-4-,16-8-. The zero-order chi connectivity index (χ0) is 14.9. The molecule has 0 atom stereocenters. The summed E-state index contributed by atoms with van der Waals surface area (Å²) in [4.78, 5) is 8.29. The number of nitrogens with one attached hydrogen (secondary N) is 1. The van der Waals surface area contributed by atoms with E-state index < -0.39 is 0 Å². The van der Waals surface area contributed by atoms with Crippen molar-refractivity contribution in [3.05, 3.63) is 28.2 Å². The van der Waals surface area contributed by atoms with Gasteiger partial charge in [-0.3, -0.25) is 9.39 Å². The fourth-order valence-electron chi connectivity index (χ4n) is 1.93. The second kappa shape index (κ2) is 8.71. The molecule has 0 radical (unpaired) electrons.